The molecule has 0 aromatic carbocycles. The molecule has 2 saturated heterocycles. The molecule has 3 rings (SSSR count). The summed E-state index contributed by atoms with van der Waals surface area (Å²) in [7, 11) is 0. The van der Waals surface area contributed by atoms with Gasteiger partial charge in [-0.1, -0.05) is 6.42 Å². The predicted octanol–water partition coefficient (Wildman–Crippen LogP) is 0.987. The van der Waals surface area contributed by atoms with E-state index in [0.717, 1.165) is 32.6 Å². The fraction of sp³-hybridized carbons (Fsp3) is 0.750. The lowest BCUT2D eigenvalue weighted by molar-refractivity contribution is -0.137. The van der Waals surface area contributed by atoms with Crippen molar-refractivity contribution in [2.75, 3.05) is 39.4 Å². The number of morpholine rings is 1. The van der Waals surface area contributed by atoms with Crippen molar-refractivity contribution in [2.45, 2.75) is 38.3 Å². The zero-order valence-corrected chi connectivity index (χ0v) is 13.2. The molecule has 0 radical (unpaired) electrons. The number of nitrogens with zero attached hydrogens (tertiary/aromatic N) is 4. The van der Waals surface area contributed by atoms with Crippen LogP contribution >= 0.6 is 0 Å². The van der Waals surface area contributed by atoms with Gasteiger partial charge in [0.15, 0.2) is 0 Å². The van der Waals surface area contributed by atoms with Crippen LogP contribution in [0.3, 0.4) is 0 Å². The van der Waals surface area contributed by atoms with Gasteiger partial charge in [-0.3, -0.25) is 14.4 Å². The molecule has 1 amide bonds. The molecule has 2 aliphatic heterocycles. The van der Waals surface area contributed by atoms with Gasteiger partial charge in [0.25, 0.3) is 0 Å². The molecule has 0 unspecified atom stereocenters. The Hall–Kier alpha value is -1.40. The maximum atomic E-state index is 12.5. The number of hydrogen-bond donors (Lipinski definition) is 0. The summed E-state index contributed by atoms with van der Waals surface area (Å²) in [6.07, 6.45) is 8.56. The third-order valence-electron chi connectivity index (χ3n) is 4.70. The molecule has 1 atom stereocenters. The standard InChI is InChI=1S/C16H26N4O2/c21-16(18-10-12-22-13-11-18)14-19-7-2-1-4-15(19)5-9-20-8-3-6-17-20/h3,6,8,15H,1-2,4-5,7,9-14H2/t15-/m0/s1. The number of rotatable bonds is 5. The van der Waals surface area contributed by atoms with Crippen LogP contribution in [0.2, 0.25) is 0 Å². The first-order chi connectivity index (χ1) is 10.8. The van der Waals surface area contributed by atoms with Gasteiger partial charge in [0, 0.05) is 38.1 Å². The van der Waals surface area contributed by atoms with E-state index in [-0.39, 0.29) is 5.91 Å². The van der Waals surface area contributed by atoms with Crippen molar-refractivity contribution in [3.05, 3.63) is 18.5 Å². The summed E-state index contributed by atoms with van der Waals surface area (Å²) >= 11 is 0. The number of likely N-dealkylation sites (tertiary alicyclic amines) is 1. The van der Waals surface area contributed by atoms with Crippen molar-refractivity contribution in [1.82, 2.24) is 19.6 Å². The summed E-state index contributed by atoms with van der Waals surface area (Å²) in [4.78, 5) is 16.8. The summed E-state index contributed by atoms with van der Waals surface area (Å²) in [5.74, 6) is 0.259. The Bertz CT molecular complexity index is 457. The zero-order valence-electron chi connectivity index (χ0n) is 13.2. The van der Waals surface area contributed by atoms with Crippen LogP contribution in [-0.2, 0) is 16.1 Å². The number of hydrogen-bond acceptors (Lipinski definition) is 4. The first-order valence-electron chi connectivity index (χ1n) is 8.40. The number of aromatic nitrogens is 2. The van der Waals surface area contributed by atoms with Crippen LogP contribution in [0.15, 0.2) is 18.5 Å². The average Bonchev–Trinajstić information content (AvgIpc) is 3.08. The van der Waals surface area contributed by atoms with E-state index in [9.17, 15) is 4.79 Å². The lowest BCUT2D eigenvalue weighted by atomic mass is 9.99. The molecule has 0 aliphatic carbocycles. The van der Waals surface area contributed by atoms with E-state index in [1.807, 2.05) is 28.0 Å². The van der Waals surface area contributed by atoms with Crippen molar-refractivity contribution in [1.29, 1.82) is 0 Å². The number of piperidine rings is 1. The van der Waals surface area contributed by atoms with E-state index in [2.05, 4.69) is 10.00 Å². The SMILES string of the molecule is O=C(CN1CCCC[C@H]1CCn1cccn1)N1CCOCC1. The van der Waals surface area contributed by atoms with Gasteiger partial charge in [-0.2, -0.15) is 5.10 Å². The van der Waals surface area contributed by atoms with E-state index in [0.29, 0.717) is 25.8 Å². The highest BCUT2D eigenvalue weighted by molar-refractivity contribution is 5.78. The van der Waals surface area contributed by atoms with Gasteiger partial charge >= 0.3 is 0 Å². The van der Waals surface area contributed by atoms with Gasteiger partial charge in [0.2, 0.25) is 5.91 Å². The van der Waals surface area contributed by atoms with Gasteiger partial charge in [-0.05, 0) is 31.9 Å². The second-order valence-corrected chi connectivity index (χ2v) is 6.17. The summed E-state index contributed by atoms with van der Waals surface area (Å²) in [5, 5.41) is 4.27. The van der Waals surface area contributed by atoms with Crippen LogP contribution < -0.4 is 0 Å². The number of carbonyl (C=O) groups excluding carboxylic acids is 1. The quantitative estimate of drug-likeness (QED) is 0.814. The molecular formula is C16H26N4O2. The molecule has 6 nitrogen and oxygen atoms in total. The lowest BCUT2D eigenvalue weighted by Gasteiger charge is -2.37. The molecule has 6 heteroatoms. The van der Waals surface area contributed by atoms with E-state index < -0.39 is 0 Å². The fourth-order valence-electron chi connectivity index (χ4n) is 3.40. The van der Waals surface area contributed by atoms with Crippen LogP contribution in [0, 0.1) is 0 Å². The van der Waals surface area contributed by atoms with Crippen molar-refractivity contribution in [2.24, 2.45) is 0 Å². The maximum absolute atomic E-state index is 12.5. The number of ether oxygens (including phenoxy) is 1. The Kier molecular flexibility index (Phi) is 5.45. The van der Waals surface area contributed by atoms with Crippen LogP contribution in [0.25, 0.3) is 0 Å². The highest BCUT2D eigenvalue weighted by Crippen LogP contribution is 2.20. The topological polar surface area (TPSA) is 50.6 Å². The molecular weight excluding hydrogens is 280 g/mol. The van der Waals surface area contributed by atoms with Crippen LogP contribution in [-0.4, -0.2) is 70.9 Å². The van der Waals surface area contributed by atoms with Gasteiger partial charge in [-0.25, -0.2) is 0 Å². The highest BCUT2D eigenvalue weighted by atomic mass is 16.5. The Morgan fingerprint density at radius 2 is 2.09 bits per heavy atom. The van der Waals surface area contributed by atoms with Crippen molar-refractivity contribution in [3.8, 4) is 0 Å². The minimum absolute atomic E-state index is 0.259. The summed E-state index contributed by atoms with van der Waals surface area (Å²) in [5.41, 5.74) is 0. The molecule has 1 aromatic rings. The molecule has 0 saturated carbocycles. The van der Waals surface area contributed by atoms with E-state index in [1.54, 1.807) is 0 Å². The van der Waals surface area contributed by atoms with Gasteiger partial charge in [0.05, 0.1) is 19.8 Å². The zero-order chi connectivity index (χ0) is 15.2. The Morgan fingerprint density at radius 3 is 2.86 bits per heavy atom. The van der Waals surface area contributed by atoms with Crippen molar-refractivity contribution in [3.63, 3.8) is 0 Å². The fourth-order valence-corrected chi connectivity index (χ4v) is 3.40. The molecule has 0 spiro atoms. The summed E-state index contributed by atoms with van der Waals surface area (Å²) in [6, 6.07) is 2.46. The number of aryl methyl sites for hydroxylation is 1. The van der Waals surface area contributed by atoms with E-state index in [1.165, 1.54) is 19.3 Å². The lowest BCUT2D eigenvalue weighted by Crippen LogP contribution is -2.49. The third-order valence-corrected chi connectivity index (χ3v) is 4.70. The molecule has 0 bridgehead atoms. The van der Waals surface area contributed by atoms with E-state index >= 15 is 0 Å². The summed E-state index contributed by atoms with van der Waals surface area (Å²) in [6.45, 7) is 5.36. The number of amides is 1. The van der Waals surface area contributed by atoms with Gasteiger partial charge in [-0.15, -0.1) is 0 Å². The minimum atomic E-state index is 0.259. The molecule has 0 N–H and O–H groups in total. The van der Waals surface area contributed by atoms with Gasteiger partial charge in [0.1, 0.15) is 0 Å². The van der Waals surface area contributed by atoms with Crippen LogP contribution in [0.4, 0.5) is 0 Å². The Labute approximate surface area is 132 Å². The first kappa shape index (κ1) is 15.5. The summed E-state index contributed by atoms with van der Waals surface area (Å²) < 4.78 is 7.31. The molecule has 2 aliphatic rings. The molecule has 3 heterocycles. The molecule has 2 fully saturated rings. The Morgan fingerprint density at radius 1 is 1.23 bits per heavy atom. The monoisotopic (exact) mass is 306 g/mol. The van der Waals surface area contributed by atoms with Crippen LogP contribution in [0.5, 0.6) is 0 Å². The van der Waals surface area contributed by atoms with Gasteiger partial charge < -0.3 is 9.64 Å². The first-order valence-corrected chi connectivity index (χ1v) is 8.40. The Balaban J connectivity index is 1.51. The molecule has 122 valence electrons. The second kappa shape index (κ2) is 7.74. The largest absolute Gasteiger partial charge is 0.378 e. The normalized spacial score (nSPS) is 23.6. The predicted molar refractivity (Wildman–Crippen MR) is 83.5 cm³/mol. The van der Waals surface area contributed by atoms with E-state index in [4.69, 9.17) is 4.74 Å². The maximum Gasteiger partial charge on any atom is 0.236 e. The third kappa shape index (κ3) is 4.08. The second-order valence-electron chi connectivity index (χ2n) is 6.17. The minimum Gasteiger partial charge on any atom is -0.378 e. The smallest absolute Gasteiger partial charge is 0.236 e. The number of carbonyl (C=O) groups is 1. The molecule has 22 heavy (non-hydrogen) atoms. The highest BCUT2D eigenvalue weighted by Gasteiger charge is 2.26. The van der Waals surface area contributed by atoms with Crippen molar-refractivity contribution >= 4 is 5.91 Å². The average molecular weight is 306 g/mol. The van der Waals surface area contributed by atoms with Crippen LogP contribution in [0.1, 0.15) is 25.7 Å². The molecule has 1 aromatic heterocycles. The van der Waals surface area contributed by atoms with Crippen molar-refractivity contribution < 1.29 is 9.53 Å².